The molecule has 126 valence electrons. The topological polar surface area (TPSA) is 42.3 Å². The lowest BCUT2D eigenvalue weighted by molar-refractivity contribution is 0.272. The first-order valence-electron chi connectivity index (χ1n) is 7.70. The molecule has 0 saturated carbocycles. The van der Waals surface area contributed by atoms with Gasteiger partial charge in [0, 0.05) is 39.3 Å². The summed E-state index contributed by atoms with van der Waals surface area (Å²) >= 11 is 0. The van der Waals surface area contributed by atoms with Gasteiger partial charge in [-0.2, -0.15) is 5.10 Å². The first kappa shape index (κ1) is 17.3. The minimum absolute atomic E-state index is 0.162. The molecule has 1 atom stereocenters. The molecule has 0 amide bonds. The van der Waals surface area contributed by atoms with Crippen molar-refractivity contribution in [2.24, 2.45) is 7.05 Å². The molecule has 2 aromatic rings. The Hall–Kier alpha value is -2.08. The van der Waals surface area contributed by atoms with Crippen LogP contribution in [0.25, 0.3) is 0 Å². The second-order valence-corrected chi connectivity index (χ2v) is 5.95. The number of aromatic nitrogens is 2. The van der Waals surface area contributed by atoms with Gasteiger partial charge in [0.1, 0.15) is 24.0 Å². The Bertz CT molecular complexity index is 637. The predicted molar refractivity (Wildman–Crippen MR) is 90.5 cm³/mol. The zero-order valence-corrected chi connectivity index (χ0v) is 14.4. The first-order chi connectivity index (χ1) is 10.9. The molecule has 1 N–H and O–H groups in total. The van der Waals surface area contributed by atoms with Crippen LogP contribution < -0.4 is 15.0 Å². The summed E-state index contributed by atoms with van der Waals surface area (Å²) in [6, 6.07) is 6.23. The molecule has 6 heteroatoms. The number of benzene rings is 1. The molecule has 0 bridgehead atoms. The van der Waals surface area contributed by atoms with Crippen LogP contribution in [0.3, 0.4) is 0 Å². The van der Waals surface area contributed by atoms with E-state index in [1.54, 1.807) is 12.1 Å². The SMILES string of the molecule is Cc1nn(C)c(N(C)C)c1CN[C@H](C)COc1ccc(F)cc1. The highest BCUT2D eigenvalue weighted by Crippen LogP contribution is 2.21. The van der Waals surface area contributed by atoms with Crippen molar-refractivity contribution in [3.63, 3.8) is 0 Å². The molecule has 1 aromatic carbocycles. The largest absolute Gasteiger partial charge is 0.492 e. The van der Waals surface area contributed by atoms with E-state index in [1.165, 1.54) is 17.7 Å². The molecule has 0 spiro atoms. The summed E-state index contributed by atoms with van der Waals surface area (Å²) in [5.41, 5.74) is 2.21. The van der Waals surface area contributed by atoms with Gasteiger partial charge in [0.05, 0.1) is 5.69 Å². The smallest absolute Gasteiger partial charge is 0.130 e. The van der Waals surface area contributed by atoms with E-state index in [2.05, 4.69) is 22.2 Å². The van der Waals surface area contributed by atoms with Gasteiger partial charge in [-0.3, -0.25) is 4.68 Å². The summed E-state index contributed by atoms with van der Waals surface area (Å²) in [5, 5.41) is 7.93. The second kappa shape index (κ2) is 7.46. The Morgan fingerprint density at radius 2 is 1.96 bits per heavy atom. The van der Waals surface area contributed by atoms with E-state index in [-0.39, 0.29) is 11.9 Å². The van der Waals surface area contributed by atoms with Crippen LogP contribution in [0.4, 0.5) is 10.2 Å². The quantitative estimate of drug-likeness (QED) is 0.851. The van der Waals surface area contributed by atoms with E-state index in [4.69, 9.17) is 4.74 Å². The molecule has 0 radical (unpaired) electrons. The summed E-state index contributed by atoms with van der Waals surface area (Å²) in [4.78, 5) is 2.07. The van der Waals surface area contributed by atoms with Gasteiger partial charge in [-0.25, -0.2) is 4.39 Å². The van der Waals surface area contributed by atoms with Crippen molar-refractivity contribution in [2.45, 2.75) is 26.4 Å². The number of nitrogens with zero attached hydrogens (tertiary/aromatic N) is 3. The average molecular weight is 320 g/mol. The van der Waals surface area contributed by atoms with Gasteiger partial charge in [0.15, 0.2) is 0 Å². The monoisotopic (exact) mass is 320 g/mol. The third kappa shape index (κ3) is 4.45. The summed E-state index contributed by atoms with van der Waals surface area (Å²) in [5.74, 6) is 1.51. The van der Waals surface area contributed by atoms with Crippen molar-refractivity contribution in [1.82, 2.24) is 15.1 Å². The van der Waals surface area contributed by atoms with E-state index >= 15 is 0 Å². The van der Waals surface area contributed by atoms with Crippen molar-refractivity contribution in [1.29, 1.82) is 0 Å². The predicted octanol–water partition coefficient (Wildman–Crippen LogP) is 2.49. The van der Waals surface area contributed by atoms with Crippen LogP contribution in [0.2, 0.25) is 0 Å². The molecular formula is C17H25FN4O. The lowest BCUT2D eigenvalue weighted by Crippen LogP contribution is -2.32. The number of hydrogen-bond donors (Lipinski definition) is 1. The number of aryl methyl sites for hydroxylation is 2. The number of ether oxygens (including phenoxy) is 1. The highest BCUT2D eigenvalue weighted by Gasteiger charge is 2.15. The van der Waals surface area contributed by atoms with Gasteiger partial charge >= 0.3 is 0 Å². The maximum atomic E-state index is 12.9. The Kier molecular flexibility index (Phi) is 5.60. The molecule has 0 aliphatic rings. The van der Waals surface area contributed by atoms with Crippen LogP contribution in [0.1, 0.15) is 18.2 Å². The van der Waals surface area contributed by atoms with Crippen LogP contribution in [0.15, 0.2) is 24.3 Å². The van der Waals surface area contributed by atoms with Gasteiger partial charge in [0.2, 0.25) is 0 Å². The fourth-order valence-corrected chi connectivity index (χ4v) is 2.54. The summed E-state index contributed by atoms with van der Waals surface area (Å²) in [7, 11) is 5.98. The van der Waals surface area contributed by atoms with E-state index in [1.807, 2.05) is 32.7 Å². The molecule has 0 aliphatic heterocycles. The average Bonchev–Trinajstić information content (AvgIpc) is 2.78. The van der Waals surface area contributed by atoms with Crippen molar-refractivity contribution < 1.29 is 9.13 Å². The fourth-order valence-electron chi connectivity index (χ4n) is 2.54. The van der Waals surface area contributed by atoms with Gasteiger partial charge < -0.3 is 15.0 Å². The zero-order valence-electron chi connectivity index (χ0n) is 14.4. The van der Waals surface area contributed by atoms with Gasteiger partial charge in [-0.15, -0.1) is 0 Å². The van der Waals surface area contributed by atoms with Gasteiger partial charge in [0.25, 0.3) is 0 Å². The number of halogens is 1. The van der Waals surface area contributed by atoms with E-state index in [9.17, 15) is 4.39 Å². The molecule has 0 saturated heterocycles. The van der Waals surface area contributed by atoms with Crippen molar-refractivity contribution in [2.75, 3.05) is 25.6 Å². The van der Waals surface area contributed by atoms with E-state index in [0.29, 0.717) is 12.4 Å². The third-order valence-corrected chi connectivity index (χ3v) is 3.68. The number of rotatable bonds is 7. The molecule has 1 aromatic heterocycles. The summed E-state index contributed by atoms with van der Waals surface area (Å²) in [6.45, 7) is 5.32. The van der Waals surface area contributed by atoms with Crippen molar-refractivity contribution in [3.05, 3.63) is 41.3 Å². The number of anilines is 1. The van der Waals surface area contributed by atoms with Crippen LogP contribution >= 0.6 is 0 Å². The van der Waals surface area contributed by atoms with Crippen LogP contribution in [0, 0.1) is 12.7 Å². The summed E-state index contributed by atoms with van der Waals surface area (Å²) < 4.78 is 20.4. The number of nitrogens with one attached hydrogen (secondary N) is 1. The second-order valence-electron chi connectivity index (χ2n) is 5.95. The molecule has 2 rings (SSSR count). The first-order valence-corrected chi connectivity index (χ1v) is 7.70. The van der Waals surface area contributed by atoms with Gasteiger partial charge in [-0.05, 0) is 38.1 Å². The van der Waals surface area contributed by atoms with Crippen molar-refractivity contribution >= 4 is 5.82 Å². The maximum Gasteiger partial charge on any atom is 0.130 e. The molecule has 0 unspecified atom stereocenters. The number of hydrogen-bond acceptors (Lipinski definition) is 4. The van der Waals surface area contributed by atoms with Crippen LogP contribution in [-0.4, -0.2) is 36.5 Å². The fraction of sp³-hybridized carbons (Fsp3) is 0.471. The molecule has 0 aliphatic carbocycles. The Morgan fingerprint density at radius 3 is 2.57 bits per heavy atom. The maximum absolute atomic E-state index is 12.9. The Labute approximate surface area is 137 Å². The van der Waals surface area contributed by atoms with Crippen LogP contribution in [0.5, 0.6) is 5.75 Å². The van der Waals surface area contributed by atoms with Crippen LogP contribution in [-0.2, 0) is 13.6 Å². The Balaban J connectivity index is 1.89. The molecule has 0 fully saturated rings. The Morgan fingerprint density at radius 1 is 1.30 bits per heavy atom. The van der Waals surface area contributed by atoms with E-state index in [0.717, 1.165) is 18.1 Å². The molecule has 5 nitrogen and oxygen atoms in total. The summed E-state index contributed by atoms with van der Waals surface area (Å²) in [6.07, 6.45) is 0. The highest BCUT2D eigenvalue weighted by atomic mass is 19.1. The molecule has 23 heavy (non-hydrogen) atoms. The minimum Gasteiger partial charge on any atom is -0.492 e. The molecular weight excluding hydrogens is 295 g/mol. The third-order valence-electron chi connectivity index (χ3n) is 3.68. The highest BCUT2D eigenvalue weighted by molar-refractivity contribution is 5.48. The minimum atomic E-state index is -0.258. The van der Waals surface area contributed by atoms with E-state index < -0.39 is 0 Å². The van der Waals surface area contributed by atoms with Gasteiger partial charge in [-0.1, -0.05) is 0 Å². The normalized spacial score (nSPS) is 12.3. The zero-order chi connectivity index (χ0) is 17.0. The molecule has 1 heterocycles. The van der Waals surface area contributed by atoms with Crippen molar-refractivity contribution in [3.8, 4) is 5.75 Å². The standard InChI is InChI=1S/C17H25FN4O/c1-12(11-23-15-8-6-14(18)7-9-15)19-10-16-13(2)20-22(5)17(16)21(3)4/h6-9,12,19H,10-11H2,1-5H3/t12-/m1/s1. The lowest BCUT2D eigenvalue weighted by Gasteiger charge is -2.18. The lowest BCUT2D eigenvalue weighted by atomic mass is 10.2.